The number of thioether (sulfide) groups is 1. The normalized spacial score (nSPS) is 21.8. The molecule has 2 unspecified atom stereocenters. The molecule has 4 nitrogen and oxygen atoms in total. The van der Waals surface area contributed by atoms with Gasteiger partial charge in [0.05, 0.1) is 5.25 Å². The highest BCUT2D eigenvalue weighted by Gasteiger charge is 2.26. The SMILES string of the molecule is C#CCC(NC(=O)C1CCCCS1)C(=O)O. The van der Waals surface area contributed by atoms with Crippen LogP contribution in [0.25, 0.3) is 0 Å². The Morgan fingerprint density at radius 2 is 2.31 bits per heavy atom. The Balaban J connectivity index is 2.47. The minimum Gasteiger partial charge on any atom is -0.480 e. The van der Waals surface area contributed by atoms with Crippen molar-refractivity contribution < 1.29 is 14.7 Å². The number of rotatable bonds is 4. The summed E-state index contributed by atoms with van der Waals surface area (Å²) in [6.07, 6.45) is 8.05. The largest absolute Gasteiger partial charge is 0.480 e. The molecule has 1 aliphatic rings. The first kappa shape index (κ1) is 12.9. The third-order valence-electron chi connectivity index (χ3n) is 2.41. The summed E-state index contributed by atoms with van der Waals surface area (Å²) in [5, 5.41) is 11.2. The number of carboxylic acid groups (broad SMARTS) is 1. The van der Waals surface area contributed by atoms with Crippen LogP contribution in [0.4, 0.5) is 0 Å². The van der Waals surface area contributed by atoms with Gasteiger partial charge in [-0.15, -0.1) is 24.1 Å². The number of amides is 1. The number of hydrogen-bond donors (Lipinski definition) is 2. The van der Waals surface area contributed by atoms with Gasteiger partial charge < -0.3 is 10.4 Å². The monoisotopic (exact) mass is 241 g/mol. The van der Waals surface area contributed by atoms with Crippen molar-refractivity contribution in [3.63, 3.8) is 0 Å². The van der Waals surface area contributed by atoms with Crippen molar-refractivity contribution in [1.29, 1.82) is 0 Å². The van der Waals surface area contributed by atoms with Crippen molar-refractivity contribution in [2.75, 3.05) is 5.75 Å². The van der Waals surface area contributed by atoms with Crippen LogP contribution in [0.1, 0.15) is 25.7 Å². The standard InChI is InChI=1S/C11H15NO3S/c1-2-5-8(11(14)15)12-10(13)9-6-3-4-7-16-9/h1,8-9H,3-7H2,(H,12,13)(H,14,15). The van der Waals surface area contributed by atoms with Gasteiger partial charge in [0.15, 0.2) is 0 Å². The van der Waals surface area contributed by atoms with E-state index >= 15 is 0 Å². The van der Waals surface area contributed by atoms with E-state index in [0.717, 1.165) is 25.0 Å². The quantitative estimate of drug-likeness (QED) is 0.717. The van der Waals surface area contributed by atoms with Crippen LogP contribution in [0.15, 0.2) is 0 Å². The van der Waals surface area contributed by atoms with E-state index in [-0.39, 0.29) is 17.6 Å². The van der Waals surface area contributed by atoms with Crippen molar-refractivity contribution in [1.82, 2.24) is 5.32 Å². The maximum atomic E-state index is 11.7. The molecule has 5 heteroatoms. The van der Waals surface area contributed by atoms with Gasteiger partial charge in [-0.25, -0.2) is 4.79 Å². The second kappa shape index (κ2) is 6.44. The van der Waals surface area contributed by atoms with Crippen LogP contribution in [0.5, 0.6) is 0 Å². The topological polar surface area (TPSA) is 66.4 Å². The van der Waals surface area contributed by atoms with Gasteiger partial charge in [-0.2, -0.15) is 0 Å². The molecule has 1 saturated heterocycles. The fraction of sp³-hybridized carbons (Fsp3) is 0.636. The molecule has 0 aromatic carbocycles. The highest BCUT2D eigenvalue weighted by atomic mass is 32.2. The van der Waals surface area contributed by atoms with E-state index < -0.39 is 12.0 Å². The van der Waals surface area contributed by atoms with Gasteiger partial charge in [-0.3, -0.25) is 4.79 Å². The summed E-state index contributed by atoms with van der Waals surface area (Å²) in [5.74, 6) is 1.94. The van der Waals surface area contributed by atoms with Gasteiger partial charge >= 0.3 is 5.97 Å². The highest BCUT2D eigenvalue weighted by molar-refractivity contribution is 8.00. The second-order valence-corrected chi connectivity index (χ2v) is 4.97. The van der Waals surface area contributed by atoms with Crippen molar-refractivity contribution >= 4 is 23.6 Å². The minimum absolute atomic E-state index is 0.0263. The van der Waals surface area contributed by atoms with E-state index in [1.165, 1.54) is 0 Å². The molecule has 16 heavy (non-hydrogen) atoms. The fourth-order valence-corrected chi connectivity index (χ4v) is 2.74. The Morgan fingerprint density at radius 3 is 2.81 bits per heavy atom. The Kier molecular flexibility index (Phi) is 5.20. The zero-order chi connectivity index (χ0) is 12.0. The van der Waals surface area contributed by atoms with E-state index in [0.29, 0.717) is 0 Å². The number of carbonyl (C=O) groups is 2. The first-order valence-corrected chi connectivity index (χ1v) is 6.28. The van der Waals surface area contributed by atoms with Crippen molar-refractivity contribution in [2.24, 2.45) is 0 Å². The average molecular weight is 241 g/mol. The predicted molar refractivity (Wildman–Crippen MR) is 63.1 cm³/mol. The number of terminal acetylenes is 1. The van der Waals surface area contributed by atoms with Gasteiger partial charge in [0.1, 0.15) is 6.04 Å². The molecule has 0 saturated carbocycles. The van der Waals surface area contributed by atoms with E-state index in [1.54, 1.807) is 11.8 Å². The lowest BCUT2D eigenvalue weighted by atomic mass is 10.1. The summed E-state index contributed by atoms with van der Waals surface area (Å²) < 4.78 is 0. The van der Waals surface area contributed by atoms with Gasteiger partial charge in [0, 0.05) is 6.42 Å². The smallest absolute Gasteiger partial charge is 0.327 e. The summed E-state index contributed by atoms with van der Waals surface area (Å²) in [6.45, 7) is 0. The number of carboxylic acids is 1. The zero-order valence-corrected chi connectivity index (χ0v) is 9.76. The van der Waals surface area contributed by atoms with Gasteiger partial charge in [0.2, 0.25) is 5.91 Å². The Morgan fingerprint density at radius 1 is 1.56 bits per heavy atom. The van der Waals surface area contributed by atoms with Gasteiger partial charge in [0.25, 0.3) is 0 Å². The molecular formula is C11H15NO3S. The molecule has 0 aliphatic carbocycles. The molecule has 1 amide bonds. The van der Waals surface area contributed by atoms with E-state index in [9.17, 15) is 9.59 Å². The Labute approximate surface area is 99.2 Å². The van der Waals surface area contributed by atoms with Crippen LogP contribution < -0.4 is 5.32 Å². The molecule has 0 radical (unpaired) electrons. The van der Waals surface area contributed by atoms with Crippen LogP contribution in [-0.4, -0.2) is 34.0 Å². The third kappa shape index (κ3) is 3.78. The highest BCUT2D eigenvalue weighted by Crippen LogP contribution is 2.25. The van der Waals surface area contributed by atoms with Crippen molar-refractivity contribution in [3.05, 3.63) is 0 Å². The van der Waals surface area contributed by atoms with Crippen LogP contribution in [0, 0.1) is 12.3 Å². The number of nitrogens with one attached hydrogen (secondary N) is 1. The van der Waals surface area contributed by atoms with Crippen LogP contribution in [0.2, 0.25) is 0 Å². The maximum absolute atomic E-state index is 11.7. The molecule has 0 spiro atoms. The number of aliphatic carboxylic acids is 1. The minimum atomic E-state index is -1.08. The Hall–Kier alpha value is -1.15. The first-order chi connectivity index (χ1) is 7.65. The zero-order valence-electron chi connectivity index (χ0n) is 8.94. The lowest BCUT2D eigenvalue weighted by Gasteiger charge is -2.22. The number of carbonyl (C=O) groups excluding carboxylic acids is 1. The maximum Gasteiger partial charge on any atom is 0.327 e. The first-order valence-electron chi connectivity index (χ1n) is 5.23. The van der Waals surface area contributed by atoms with Gasteiger partial charge in [-0.1, -0.05) is 6.42 Å². The average Bonchev–Trinajstić information content (AvgIpc) is 2.29. The van der Waals surface area contributed by atoms with Crippen LogP contribution in [-0.2, 0) is 9.59 Å². The third-order valence-corrected chi connectivity index (χ3v) is 3.79. The summed E-state index contributed by atoms with van der Waals surface area (Å²) in [6, 6.07) is -0.958. The van der Waals surface area contributed by atoms with Crippen molar-refractivity contribution in [3.8, 4) is 12.3 Å². The van der Waals surface area contributed by atoms with Crippen molar-refractivity contribution in [2.45, 2.75) is 37.0 Å². The van der Waals surface area contributed by atoms with Gasteiger partial charge in [-0.05, 0) is 18.6 Å². The Bertz CT molecular complexity index is 305. The lowest BCUT2D eigenvalue weighted by Crippen LogP contribution is -2.45. The summed E-state index contributed by atoms with van der Waals surface area (Å²) in [4.78, 5) is 22.5. The van der Waals surface area contributed by atoms with Crippen LogP contribution >= 0.6 is 11.8 Å². The summed E-state index contributed by atoms with van der Waals surface area (Å²) >= 11 is 1.59. The van der Waals surface area contributed by atoms with Crippen LogP contribution in [0.3, 0.4) is 0 Å². The second-order valence-electron chi connectivity index (χ2n) is 3.66. The predicted octanol–water partition coefficient (Wildman–Crippen LogP) is 0.865. The van der Waals surface area contributed by atoms with E-state index in [1.807, 2.05) is 0 Å². The molecule has 2 N–H and O–H groups in total. The van der Waals surface area contributed by atoms with E-state index in [4.69, 9.17) is 11.5 Å². The molecular weight excluding hydrogens is 226 g/mol. The molecule has 0 aromatic rings. The molecule has 1 rings (SSSR count). The molecule has 2 atom stereocenters. The lowest BCUT2D eigenvalue weighted by molar-refractivity contribution is -0.141. The molecule has 1 fully saturated rings. The number of hydrogen-bond acceptors (Lipinski definition) is 3. The molecule has 88 valence electrons. The molecule has 0 aromatic heterocycles. The molecule has 1 aliphatic heterocycles. The fourth-order valence-electron chi connectivity index (χ4n) is 1.53. The summed E-state index contributed by atoms with van der Waals surface area (Å²) in [5.41, 5.74) is 0. The van der Waals surface area contributed by atoms with E-state index in [2.05, 4.69) is 11.2 Å². The molecule has 0 bridgehead atoms. The molecule has 1 heterocycles. The summed E-state index contributed by atoms with van der Waals surface area (Å²) in [7, 11) is 0.